The lowest BCUT2D eigenvalue weighted by Crippen LogP contribution is -2.47. The van der Waals surface area contributed by atoms with E-state index in [1.807, 2.05) is 26.1 Å². The van der Waals surface area contributed by atoms with E-state index >= 15 is 0 Å². The van der Waals surface area contributed by atoms with E-state index in [0.29, 0.717) is 0 Å². The smallest absolute Gasteiger partial charge is 0.387 e. The fraction of sp³-hybridized carbons (Fsp3) is 0.692. The zero-order chi connectivity index (χ0) is 21.5. The van der Waals surface area contributed by atoms with Crippen molar-refractivity contribution in [2.75, 3.05) is 27.7 Å². The molecular weight excluding hydrogens is 401 g/mol. The molecule has 2 rings (SSSR count). The maximum Gasteiger partial charge on any atom is 0.469 e. The molecule has 1 fully saturated rings. The molecule has 1 aliphatic rings. The number of hydrogen-bond donors (Lipinski definition) is 8. The van der Waals surface area contributed by atoms with Crippen LogP contribution in [0.1, 0.15) is 6.23 Å². The molecule has 4 atom stereocenters. The van der Waals surface area contributed by atoms with Crippen LogP contribution >= 0.6 is 7.82 Å². The predicted molar refractivity (Wildman–Crippen MR) is 96.2 cm³/mol. The fourth-order valence-corrected chi connectivity index (χ4v) is 2.67. The second-order valence-electron chi connectivity index (χ2n) is 5.65. The number of aromatic nitrogens is 2. The van der Waals surface area contributed by atoms with Crippen LogP contribution in [0.5, 0.6) is 0 Å². The number of nitrogens with zero attached hydrogens (tertiary/aromatic N) is 1. The maximum atomic E-state index is 11.6. The van der Waals surface area contributed by atoms with E-state index in [1.165, 1.54) is 0 Å². The Morgan fingerprint density at radius 1 is 1.21 bits per heavy atom. The first-order valence-electron chi connectivity index (χ1n) is 8.09. The van der Waals surface area contributed by atoms with Crippen LogP contribution in [0.2, 0.25) is 0 Å². The van der Waals surface area contributed by atoms with E-state index in [2.05, 4.69) is 20.5 Å². The summed E-state index contributed by atoms with van der Waals surface area (Å²) in [4.78, 5) is 41.6. The summed E-state index contributed by atoms with van der Waals surface area (Å²) in [6.45, 7) is -0.683. The molecular formula is C13H26N5O9P. The van der Waals surface area contributed by atoms with Crippen LogP contribution in [0.3, 0.4) is 0 Å². The molecule has 1 aliphatic heterocycles. The average Bonchev–Trinajstić information content (AvgIpc) is 2.90. The fourth-order valence-electron chi connectivity index (χ4n) is 2.33. The van der Waals surface area contributed by atoms with E-state index in [0.717, 1.165) is 16.8 Å². The Kier molecular flexibility index (Phi) is 9.59. The molecule has 0 aromatic carbocycles. The van der Waals surface area contributed by atoms with Gasteiger partial charge in [-0.25, -0.2) is 9.36 Å². The first-order chi connectivity index (χ1) is 13.0. The summed E-state index contributed by atoms with van der Waals surface area (Å²) in [6.07, 6.45) is -4.35. The van der Waals surface area contributed by atoms with Crippen molar-refractivity contribution in [1.29, 1.82) is 0 Å². The van der Waals surface area contributed by atoms with E-state index in [1.54, 1.807) is 0 Å². The summed E-state index contributed by atoms with van der Waals surface area (Å²) in [5.74, 6) is 0. The summed E-state index contributed by atoms with van der Waals surface area (Å²) in [5.41, 5.74) is -1.51. The molecule has 28 heavy (non-hydrogen) atoms. The van der Waals surface area contributed by atoms with Gasteiger partial charge in [-0.1, -0.05) is 0 Å². The second kappa shape index (κ2) is 10.9. The number of nitrogens with one attached hydrogen (secondary N) is 4. The van der Waals surface area contributed by atoms with Gasteiger partial charge in [0.2, 0.25) is 0 Å². The Hall–Kier alpha value is -1.45. The molecule has 0 aliphatic carbocycles. The molecule has 0 unspecified atom stereocenters. The Morgan fingerprint density at radius 3 is 2.21 bits per heavy atom. The lowest BCUT2D eigenvalue weighted by Gasteiger charge is -2.16. The summed E-state index contributed by atoms with van der Waals surface area (Å²) in [7, 11) is 0.899. The van der Waals surface area contributed by atoms with E-state index < -0.39 is 50.2 Å². The monoisotopic (exact) mass is 427 g/mol. The van der Waals surface area contributed by atoms with Crippen LogP contribution in [0.15, 0.2) is 21.9 Å². The van der Waals surface area contributed by atoms with Gasteiger partial charge in [-0.15, -0.1) is 0 Å². The summed E-state index contributed by atoms with van der Waals surface area (Å²) in [5, 5.41) is 28.5. The van der Waals surface area contributed by atoms with Crippen molar-refractivity contribution < 1.29 is 33.8 Å². The van der Waals surface area contributed by atoms with Crippen molar-refractivity contribution in [1.82, 2.24) is 25.5 Å². The van der Waals surface area contributed by atoms with Gasteiger partial charge < -0.3 is 24.7 Å². The third-order valence-electron chi connectivity index (χ3n) is 3.74. The SMILES string of the molecule is CNC(NC)NC.O=c1ccn([C@@H]2O[C@H](COP(=O)(O)O)[C@@H](O)[C@H]2O)c(=O)[nH]1. The molecule has 0 bridgehead atoms. The molecule has 0 amide bonds. The number of rotatable bonds is 7. The van der Waals surface area contributed by atoms with Crippen LogP contribution < -0.4 is 27.2 Å². The van der Waals surface area contributed by atoms with Gasteiger partial charge in [0.15, 0.2) is 6.23 Å². The van der Waals surface area contributed by atoms with Gasteiger partial charge in [-0.2, -0.15) is 0 Å². The van der Waals surface area contributed by atoms with Gasteiger partial charge in [0.1, 0.15) is 24.6 Å². The summed E-state index contributed by atoms with van der Waals surface area (Å²) < 4.78 is 20.8. The summed E-state index contributed by atoms with van der Waals surface area (Å²) >= 11 is 0. The molecule has 162 valence electrons. The zero-order valence-corrected chi connectivity index (χ0v) is 16.4. The molecule has 15 heteroatoms. The molecule has 0 radical (unpaired) electrons. The minimum Gasteiger partial charge on any atom is -0.387 e. The highest BCUT2D eigenvalue weighted by Gasteiger charge is 2.44. The number of hydrogen-bond acceptors (Lipinski definition) is 10. The lowest BCUT2D eigenvalue weighted by atomic mass is 10.1. The lowest BCUT2D eigenvalue weighted by molar-refractivity contribution is -0.0543. The Labute approximate surface area is 159 Å². The van der Waals surface area contributed by atoms with E-state index in [9.17, 15) is 24.4 Å². The third-order valence-corrected chi connectivity index (χ3v) is 4.22. The molecule has 1 aromatic rings. The Bertz CT molecular complexity index is 756. The van der Waals surface area contributed by atoms with Gasteiger partial charge in [0.25, 0.3) is 5.56 Å². The van der Waals surface area contributed by atoms with Gasteiger partial charge in [0, 0.05) is 12.3 Å². The van der Waals surface area contributed by atoms with Crippen molar-refractivity contribution in [3.63, 3.8) is 0 Å². The molecule has 0 saturated carbocycles. The van der Waals surface area contributed by atoms with Crippen LogP contribution in [-0.2, 0) is 13.8 Å². The van der Waals surface area contributed by atoms with E-state index in [4.69, 9.17) is 14.5 Å². The molecule has 1 aromatic heterocycles. The van der Waals surface area contributed by atoms with Crippen LogP contribution in [0.4, 0.5) is 0 Å². The quantitative estimate of drug-likeness (QED) is 0.156. The number of aromatic amines is 1. The highest BCUT2D eigenvalue weighted by Crippen LogP contribution is 2.38. The Morgan fingerprint density at radius 2 is 1.79 bits per heavy atom. The number of phosphoric acid groups is 1. The number of H-pyrrole nitrogens is 1. The van der Waals surface area contributed by atoms with Crippen molar-refractivity contribution in [2.45, 2.75) is 30.8 Å². The first-order valence-corrected chi connectivity index (χ1v) is 9.62. The van der Waals surface area contributed by atoms with Crippen molar-refractivity contribution in [3.05, 3.63) is 33.1 Å². The van der Waals surface area contributed by atoms with Gasteiger partial charge in [-0.05, 0) is 21.1 Å². The maximum absolute atomic E-state index is 11.6. The summed E-state index contributed by atoms with van der Waals surface area (Å²) in [6, 6.07) is 1.02. The highest BCUT2D eigenvalue weighted by molar-refractivity contribution is 7.46. The van der Waals surface area contributed by atoms with E-state index in [-0.39, 0.29) is 6.29 Å². The number of aliphatic hydroxyl groups excluding tert-OH is 2. The van der Waals surface area contributed by atoms with Crippen LogP contribution in [0.25, 0.3) is 0 Å². The van der Waals surface area contributed by atoms with Gasteiger partial charge in [-0.3, -0.25) is 34.8 Å². The van der Waals surface area contributed by atoms with Gasteiger partial charge >= 0.3 is 13.5 Å². The zero-order valence-electron chi connectivity index (χ0n) is 15.5. The number of phosphoric ester groups is 1. The van der Waals surface area contributed by atoms with Crippen molar-refractivity contribution in [3.8, 4) is 0 Å². The number of ether oxygens (including phenoxy) is 1. The number of aliphatic hydroxyl groups is 2. The van der Waals surface area contributed by atoms with Crippen molar-refractivity contribution >= 4 is 7.82 Å². The molecule has 0 spiro atoms. The normalized spacial score (nSPS) is 24.9. The molecule has 1 saturated heterocycles. The molecule has 8 N–H and O–H groups in total. The highest BCUT2D eigenvalue weighted by atomic mass is 31.2. The molecule has 14 nitrogen and oxygen atoms in total. The Balaban J connectivity index is 0.000000480. The topological polar surface area (TPSA) is 207 Å². The standard InChI is InChI=1S/C9H13N2O9P.C4H13N3/c12-5-1-2-11(9(15)10-5)8-7(14)6(13)4(20-8)3-19-21(16,17)18;1-5-4(6-2)7-3/h1-2,4,6-8,13-14H,3H2,(H,10,12,15)(H2,16,17,18);4-7H,1-3H3/t4-,6-,7-,8-;/m1./s1. The van der Waals surface area contributed by atoms with Crippen LogP contribution in [-0.4, -0.2) is 81.9 Å². The van der Waals surface area contributed by atoms with Gasteiger partial charge in [0.05, 0.1) is 6.61 Å². The average molecular weight is 427 g/mol. The first kappa shape index (κ1) is 24.6. The molecule has 2 heterocycles. The third kappa shape index (κ3) is 7.18. The van der Waals surface area contributed by atoms with Crippen molar-refractivity contribution in [2.24, 2.45) is 0 Å². The second-order valence-corrected chi connectivity index (χ2v) is 6.89. The minimum atomic E-state index is -4.76. The minimum absolute atomic E-state index is 0.236. The van der Waals surface area contributed by atoms with Crippen LogP contribution in [0, 0.1) is 0 Å². The predicted octanol–water partition coefficient (Wildman–Crippen LogP) is -3.81. The largest absolute Gasteiger partial charge is 0.469 e.